The van der Waals surface area contributed by atoms with Gasteiger partial charge in [0.15, 0.2) is 0 Å². The van der Waals surface area contributed by atoms with Gasteiger partial charge >= 0.3 is 0 Å². The molecule has 3 aromatic carbocycles. The van der Waals surface area contributed by atoms with Crippen molar-refractivity contribution < 1.29 is 13.5 Å². The first kappa shape index (κ1) is 49.0. The van der Waals surface area contributed by atoms with Crippen molar-refractivity contribution in [2.45, 2.75) is 153 Å². The molecule has 0 saturated carbocycles. The largest absolute Gasteiger partial charge is 0.493 e. The van der Waals surface area contributed by atoms with Gasteiger partial charge in [0.1, 0.15) is 17.4 Å². The summed E-state index contributed by atoms with van der Waals surface area (Å²) in [5, 5.41) is 0. The van der Waals surface area contributed by atoms with Crippen LogP contribution in [0.3, 0.4) is 0 Å². The van der Waals surface area contributed by atoms with Gasteiger partial charge in [-0.1, -0.05) is 142 Å². The van der Waals surface area contributed by atoms with E-state index in [-0.39, 0.29) is 17.6 Å². The molecule has 0 fully saturated rings. The van der Waals surface area contributed by atoms with Crippen LogP contribution >= 0.6 is 0 Å². The smallest absolute Gasteiger partial charge is 0.126 e. The summed E-state index contributed by atoms with van der Waals surface area (Å²) < 4.78 is 33.5. The van der Waals surface area contributed by atoms with Gasteiger partial charge in [0.2, 0.25) is 0 Å². The highest BCUT2D eigenvalue weighted by atomic mass is 19.1. The zero-order chi connectivity index (χ0) is 41.3. The van der Waals surface area contributed by atoms with Gasteiger partial charge in [-0.2, -0.15) is 0 Å². The average molecular weight is 753 g/mol. The minimum Gasteiger partial charge on any atom is -0.493 e. The Balaban J connectivity index is 0.000000517. The number of ether oxygens (including phenoxy) is 1. The molecule has 0 aliphatic rings. The molecular formula is C52H74F2O. The number of benzene rings is 3. The first-order chi connectivity index (χ1) is 26.3. The molecule has 0 aliphatic carbocycles. The summed E-state index contributed by atoms with van der Waals surface area (Å²) in [4.78, 5) is 0. The lowest BCUT2D eigenvalue weighted by atomic mass is 9.87. The molecule has 0 heterocycles. The van der Waals surface area contributed by atoms with Gasteiger partial charge in [-0.25, -0.2) is 8.78 Å². The van der Waals surface area contributed by atoms with E-state index in [9.17, 15) is 8.78 Å². The Bertz CT molecular complexity index is 1700. The zero-order valence-electron chi connectivity index (χ0n) is 36.6. The number of halogens is 2. The third kappa shape index (κ3) is 17.6. The molecule has 0 N–H and O–H groups in total. The molecule has 3 rings (SSSR count). The van der Waals surface area contributed by atoms with Crippen LogP contribution in [0.15, 0.2) is 103 Å². The zero-order valence-corrected chi connectivity index (χ0v) is 36.6. The minimum atomic E-state index is -0.205. The number of hydrogen-bond donors (Lipinski definition) is 0. The third-order valence-corrected chi connectivity index (χ3v) is 9.95. The lowest BCUT2D eigenvalue weighted by molar-refractivity contribution is 0.301. The Hall–Kier alpha value is -3.98. The lowest BCUT2D eigenvalue weighted by Gasteiger charge is -2.18. The number of allylic oxidation sites excluding steroid dienone is 8. The molecule has 0 aliphatic heterocycles. The van der Waals surface area contributed by atoms with Gasteiger partial charge in [-0.15, -0.1) is 0 Å². The summed E-state index contributed by atoms with van der Waals surface area (Å²) in [6, 6.07) is 14.8. The Morgan fingerprint density at radius 3 is 2.05 bits per heavy atom. The second-order valence-corrected chi connectivity index (χ2v) is 14.8. The second kappa shape index (κ2) is 27.6. The Labute approximate surface area is 336 Å². The fraction of sp³-hybridized carbons (Fsp3) is 0.462. The number of aryl methyl sites for hydroxylation is 4. The molecular weight excluding hydrogens is 679 g/mol. The van der Waals surface area contributed by atoms with Crippen LogP contribution in [-0.2, 0) is 12.8 Å². The van der Waals surface area contributed by atoms with Crippen molar-refractivity contribution in [3.63, 3.8) is 0 Å². The molecule has 55 heavy (non-hydrogen) atoms. The van der Waals surface area contributed by atoms with Crippen LogP contribution in [-0.4, -0.2) is 6.61 Å². The molecule has 3 aromatic rings. The van der Waals surface area contributed by atoms with E-state index in [4.69, 9.17) is 4.74 Å². The maximum atomic E-state index is 13.9. The molecule has 3 heteroatoms. The molecule has 1 nitrogen and oxygen atoms in total. The van der Waals surface area contributed by atoms with Crippen molar-refractivity contribution in [1.29, 1.82) is 0 Å². The maximum Gasteiger partial charge on any atom is 0.126 e. The van der Waals surface area contributed by atoms with Crippen LogP contribution < -0.4 is 4.74 Å². The van der Waals surface area contributed by atoms with E-state index in [1.54, 1.807) is 19.1 Å². The summed E-state index contributed by atoms with van der Waals surface area (Å²) in [5.41, 5.74) is 12.1. The summed E-state index contributed by atoms with van der Waals surface area (Å²) in [5.74, 6) is 0.841. The summed E-state index contributed by atoms with van der Waals surface area (Å²) in [7, 11) is 0. The Kier molecular flexibility index (Phi) is 24.6. The topological polar surface area (TPSA) is 9.23 Å². The van der Waals surface area contributed by atoms with E-state index in [1.165, 1.54) is 72.4 Å². The monoisotopic (exact) mass is 753 g/mol. The molecule has 1 atom stereocenters. The van der Waals surface area contributed by atoms with Gasteiger partial charge in [0.25, 0.3) is 0 Å². The van der Waals surface area contributed by atoms with Gasteiger partial charge < -0.3 is 4.74 Å². The van der Waals surface area contributed by atoms with Crippen LogP contribution in [0.25, 0.3) is 5.57 Å². The number of rotatable bonds is 19. The van der Waals surface area contributed by atoms with Crippen molar-refractivity contribution in [3.8, 4) is 5.75 Å². The SMILES string of the molecule is C=C(Cc1ccc(C)c(F)c1)C(=C/C)/C(=C\C(C)c1ccc(F)cc1C)CCC.C=C/C=C(/C)c1cc(CC)c(OCCCCCCC)cc1C.CCCC. The molecule has 0 saturated heterocycles. The maximum absolute atomic E-state index is 13.9. The quantitative estimate of drug-likeness (QED) is 0.0875. The third-order valence-electron chi connectivity index (χ3n) is 9.95. The van der Waals surface area contributed by atoms with E-state index >= 15 is 0 Å². The van der Waals surface area contributed by atoms with Crippen LogP contribution in [0, 0.1) is 32.4 Å². The van der Waals surface area contributed by atoms with Gasteiger partial charge in [0.05, 0.1) is 6.61 Å². The lowest BCUT2D eigenvalue weighted by Crippen LogP contribution is -2.02. The fourth-order valence-corrected chi connectivity index (χ4v) is 6.54. The molecule has 0 amide bonds. The van der Waals surface area contributed by atoms with Crippen LogP contribution in [0.4, 0.5) is 8.78 Å². The molecule has 0 bridgehead atoms. The predicted octanol–water partition coefficient (Wildman–Crippen LogP) is 16.5. The van der Waals surface area contributed by atoms with E-state index < -0.39 is 0 Å². The standard InChI is InChI=1S/C27H32F2.C21H32O.C4H10/c1-7-9-23(15-20(5)26-13-12-24(28)16-21(26)6)25(8-2)19(4)14-22-11-10-18(3)27(29)17-22;1-6-9-10-11-12-14-22-21-15-18(5)20(16-19(21)8-3)17(4)13-7-2;1-3-4-2/h8,10-13,15-17,20H,4,7,9,14H2,1-3,5-6H3;7,13,15-16H,2,6,8-12,14H2,1,3-5H3;3-4H2,1-2H3/b23-15-,25-8-;17-13-;. The predicted molar refractivity (Wildman–Crippen MR) is 240 cm³/mol. The molecule has 302 valence electrons. The van der Waals surface area contributed by atoms with E-state index in [0.717, 1.165) is 65.9 Å². The normalized spacial score (nSPS) is 12.3. The highest BCUT2D eigenvalue weighted by Crippen LogP contribution is 2.31. The van der Waals surface area contributed by atoms with E-state index in [0.29, 0.717) is 12.0 Å². The highest BCUT2D eigenvalue weighted by Gasteiger charge is 2.14. The molecule has 0 radical (unpaired) electrons. The first-order valence-electron chi connectivity index (χ1n) is 20.9. The van der Waals surface area contributed by atoms with Gasteiger partial charge in [-0.05, 0) is 158 Å². The van der Waals surface area contributed by atoms with Crippen LogP contribution in [0.1, 0.15) is 158 Å². The fourth-order valence-electron chi connectivity index (χ4n) is 6.54. The highest BCUT2D eigenvalue weighted by molar-refractivity contribution is 5.69. The minimum absolute atomic E-state index is 0.164. The molecule has 0 aromatic heterocycles. The van der Waals surface area contributed by atoms with Gasteiger partial charge in [0, 0.05) is 0 Å². The van der Waals surface area contributed by atoms with Gasteiger partial charge in [-0.3, -0.25) is 0 Å². The van der Waals surface area contributed by atoms with Crippen molar-refractivity contribution in [2.24, 2.45) is 0 Å². The summed E-state index contributed by atoms with van der Waals surface area (Å²) in [6.07, 6.45) is 20.9. The number of unbranched alkanes of at least 4 members (excludes halogenated alkanes) is 5. The molecule has 0 spiro atoms. The first-order valence-corrected chi connectivity index (χ1v) is 20.9. The molecule has 1 unspecified atom stereocenters. The Morgan fingerprint density at radius 1 is 0.800 bits per heavy atom. The van der Waals surface area contributed by atoms with E-state index in [2.05, 4.69) is 98.9 Å². The Morgan fingerprint density at radius 2 is 1.49 bits per heavy atom. The van der Waals surface area contributed by atoms with Crippen molar-refractivity contribution >= 4 is 5.57 Å². The summed E-state index contributed by atoms with van der Waals surface area (Å²) >= 11 is 0. The average Bonchev–Trinajstić information content (AvgIpc) is 3.15. The number of hydrogen-bond acceptors (Lipinski definition) is 1. The summed E-state index contributed by atoms with van der Waals surface area (Å²) in [6.45, 7) is 32.1. The van der Waals surface area contributed by atoms with Crippen molar-refractivity contribution in [2.75, 3.05) is 6.61 Å². The van der Waals surface area contributed by atoms with Crippen molar-refractivity contribution in [3.05, 3.63) is 153 Å². The van der Waals surface area contributed by atoms with E-state index in [1.807, 2.05) is 38.1 Å². The second-order valence-electron chi connectivity index (χ2n) is 14.8. The van der Waals surface area contributed by atoms with Crippen LogP contribution in [0.5, 0.6) is 5.75 Å². The van der Waals surface area contributed by atoms with Crippen LogP contribution in [0.2, 0.25) is 0 Å². The van der Waals surface area contributed by atoms with Crippen molar-refractivity contribution in [1.82, 2.24) is 0 Å².